The number of halogens is 1. The molecule has 6 heteroatoms. The monoisotopic (exact) mass is 387 g/mol. The van der Waals surface area contributed by atoms with Crippen molar-refractivity contribution in [1.29, 1.82) is 0 Å². The summed E-state index contributed by atoms with van der Waals surface area (Å²) in [5, 5.41) is 3.77. The Labute approximate surface area is 165 Å². The van der Waals surface area contributed by atoms with E-state index in [0.717, 1.165) is 43.2 Å². The fraction of sp³-hybridized carbons (Fsp3) is 0.381. The molecule has 0 aromatic heterocycles. The lowest BCUT2D eigenvalue weighted by molar-refractivity contribution is -0.123. The minimum atomic E-state index is -0.0374. The van der Waals surface area contributed by atoms with Crippen molar-refractivity contribution >= 4 is 23.2 Å². The van der Waals surface area contributed by atoms with Gasteiger partial charge in [-0.15, -0.1) is 0 Å². The molecule has 2 aromatic carbocycles. The highest BCUT2D eigenvalue weighted by Gasteiger charge is 2.21. The topological polar surface area (TPSA) is 44.8 Å². The minimum absolute atomic E-state index is 0.0374. The van der Waals surface area contributed by atoms with E-state index in [2.05, 4.69) is 21.2 Å². The molecule has 1 N–H and O–H groups in total. The van der Waals surface area contributed by atoms with Crippen LogP contribution in [0.15, 0.2) is 48.5 Å². The number of piperazine rings is 1. The van der Waals surface area contributed by atoms with E-state index < -0.39 is 0 Å². The molecule has 0 bridgehead atoms. The summed E-state index contributed by atoms with van der Waals surface area (Å²) in [6, 6.07) is 15.6. The average Bonchev–Trinajstić information content (AvgIpc) is 2.69. The van der Waals surface area contributed by atoms with Crippen LogP contribution in [0, 0.1) is 0 Å². The Kier molecular flexibility index (Phi) is 6.58. The van der Waals surface area contributed by atoms with Gasteiger partial charge in [0.15, 0.2) is 0 Å². The Balaban J connectivity index is 1.48. The van der Waals surface area contributed by atoms with Crippen molar-refractivity contribution in [2.45, 2.75) is 13.0 Å². The summed E-state index contributed by atoms with van der Waals surface area (Å²) >= 11 is 5.92. The first-order valence-corrected chi connectivity index (χ1v) is 9.60. The van der Waals surface area contributed by atoms with E-state index >= 15 is 0 Å². The largest absolute Gasteiger partial charge is 0.495 e. The predicted octanol–water partition coefficient (Wildman–Crippen LogP) is 3.35. The molecule has 144 valence electrons. The van der Waals surface area contributed by atoms with Crippen molar-refractivity contribution in [2.24, 2.45) is 0 Å². The van der Waals surface area contributed by atoms with Crippen LogP contribution in [-0.4, -0.2) is 50.6 Å². The fourth-order valence-electron chi connectivity index (χ4n) is 3.36. The number of carbonyl (C=O) groups excluding carboxylic acids is 1. The van der Waals surface area contributed by atoms with Gasteiger partial charge in [-0.25, -0.2) is 0 Å². The number of rotatable bonds is 6. The van der Waals surface area contributed by atoms with Crippen molar-refractivity contribution in [1.82, 2.24) is 10.2 Å². The molecule has 1 heterocycles. The van der Waals surface area contributed by atoms with Crippen LogP contribution in [-0.2, 0) is 4.79 Å². The van der Waals surface area contributed by atoms with Gasteiger partial charge in [-0.1, -0.05) is 35.9 Å². The molecule has 1 atom stereocenters. The second kappa shape index (κ2) is 9.11. The number of para-hydroxylation sites is 2. The maximum absolute atomic E-state index is 12.4. The van der Waals surface area contributed by atoms with Gasteiger partial charge in [0.25, 0.3) is 0 Å². The first kappa shape index (κ1) is 19.5. The third-order valence-electron chi connectivity index (χ3n) is 4.91. The van der Waals surface area contributed by atoms with Gasteiger partial charge in [0.05, 0.1) is 25.4 Å². The third kappa shape index (κ3) is 5.15. The highest BCUT2D eigenvalue weighted by molar-refractivity contribution is 6.30. The van der Waals surface area contributed by atoms with Crippen LogP contribution in [0.4, 0.5) is 5.69 Å². The SMILES string of the molecule is COc1ccccc1N1CCN(CC(=O)NC(C)c2ccc(Cl)cc2)CC1. The Morgan fingerprint density at radius 3 is 2.44 bits per heavy atom. The summed E-state index contributed by atoms with van der Waals surface area (Å²) in [5.41, 5.74) is 2.16. The molecular formula is C21H26ClN3O2. The first-order valence-electron chi connectivity index (χ1n) is 9.22. The maximum Gasteiger partial charge on any atom is 0.234 e. The minimum Gasteiger partial charge on any atom is -0.495 e. The summed E-state index contributed by atoms with van der Waals surface area (Å²) < 4.78 is 5.46. The van der Waals surface area contributed by atoms with Gasteiger partial charge in [-0.2, -0.15) is 0 Å². The number of benzene rings is 2. The zero-order chi connectivity index (χ0) is 19.2. The summed E-state index contributed by atoms with van der Waals surface area (Å²) in [7, 11) is 1.70. The van der Waals surface area contributed by atoms with Crippen molar-refractivity contribution < 1.29 is 9.53 Å². The number of methoxy groups -OCH3 is 1. The molecule has 2 aromatic rings. The molecule has 1 saturated heterocycles. The van der Waals surface area contributed by atoms with Crippen molar-refractivity contribution in [3.63, 3.8) is 0 Å². The molecule has 1 aliphatic heterocycles. The van der Waals surface area contributed by atoms with Crippen LogP contribution in [0.25, 0.3) is 0 Å². The summed E-state index contributed by atoms with van der Waals surface area (Å²) in [6.07, 6.45) is 0. The van der Waals surface area contributed by atoms with Gasteiger partial charge < -0.3 is 15.0 Å². The molecule has 27 heavy (non-hydrogen) atoms. The normalized spacial score (nSPS) is 16.0. The zero-order valence-electron chi connectivity index (χ0n) is 15.8. The lowest BCUT2D eigenvalue weighted by atomic mass is 10.1. The number of amides is 1. The molecule has 0 radical (unpaired) electrons. The Morgan fingerprint density at radius 1 is 1.11 bits per heavy atom. The Bertz CT molecular complexity index is 758. The van der Waals surface area contributed by atoms with Gasteiger partial charge in [0.1, 0.15) is 5.75 Å². The first-order chi connectivity index (χ1) is 13.1. The van der Waals surface area contributed by atoms with Crippen LogP contribution in [0.2, 0.25) is 5.02 Å². The van der Waals surface area contributed by atoms with Gasteiger partial charge in [0, 0.05) is 31.2 Å². The van der Waals surface area contributed by atoms with E-state index in [4.69, 9.17) is 16.3 Å². The molecule has 1 aliphatic rings. The molecule has 3 rings (SSSR count). The molecule has 1 fully saturated rings. The highest BCUT2D eigenvalue weighted by Crippen LogP contribution is 2.28. The van der Waals surface area contributed by atoms with Gasteiger partial charge in [-0.3, -0.25) is 9.69 Å². The van der Waals surface area contributed by atoms with E-state index in [-0.39, 0.29) is 11.9 Å². The molecule has 1 amide bonds. The Hall–Kier alpha value is -2.24. The maximum atomic E-state index is 12.4. The second-order valence-corrected chi connectivity index (χ2v) is 7.21. The molecule has 0 saturated carbocycles. The van der Waals surface area contributed by atoms with Crippen LogP contribution in [0.3, 0.4) is 0 Å². The fourth-order valence-corrected chi connectivity index (χ4v) is 3.49. The van der Waals surface area contributed by atoms with Crippen LogP contribution in [0.5, 0.6) is 5.75 Å². The summed E-state index contributed by atoms with van der Waals surface area (Å²) in [4.78, 5) is 16.9. The van der Waals surface area contributed by atoms with Crippen LogP contribution in [0.1, 0.15) is 18.5 Å². The quantitative estimate of drug-likeness (QED) is 0.825. The predicted molar refractivity (Wildman–Crippen MR) is 110 cm³/mol. The van der Waals surface area contributed by atoms with Gasteiger partial charge in [-0.05, 0) is 36.8 Å². The van der Waals surface area contributed by atoms with Crippen molar-refractivity contribution in [2.75, 3.05) is 44.7 Å². The lowest BCUT2D eigenvalue weighted by Crippen LogP contribution is -2.49. The van der Waals surface area contributed by atoms with E-state index in [9.17, 15) is 4.79 Å². The molecular weight excluding hydrogens is 362 g/mol. The van der Waals surface area contributed by atoms with Crippen LogP contribution >= 0.6 is 11.6 Å². The van der Waals surface area contributed by atoms with Crippen LogP contribution < -0.4 is 15.0 Å². The third-order valence-corrected chi connectivity index (χ3v) is 5.16. The standard InChI is InChI=1S/C21H26ClN3O2/c1-16(17-7-9-18(22)10-8-17)23-21(26)15-24-11-13-25(14-12-24)19-5-3-4-6-20(19)27-2/h3-10,16H,11-15H2,1-2H3,(H,23,26). The number of nitrogens with zero attached hydrogens (tertiary/aromatic N) is 2. The second-order valence-electron chi connectivity index (χ2n) is 6.78. The van der Waals surface area contributed by atoms with E-state index in [1.807, 2.05) is 49.4 Å². The van der Waals surface area contributed by atoms with E-state index in [1.165, 1.54) is 0 Å². The Morgan fingerprint density at radius 2 is 1.78 bits per heavy atom. The summed E-state index contributed by atoms with van der Waals surface area (Å²) in [5.74, 6) is 0.934. The van der Waals surface area contributed by atoms with E-state index in [0.29, 0.717) is 11.6 Å². The zero-order valence-corrected chi connectivity index (χ0v) is 16.6. The molecule has 0 spiro atoms. The summed E-state index contributed by atoms with van der Waals surface area (Å²) in [6.45, 7) is 5.85. The number of anilines is 1. The lowest BCUT2D eigenvalue weighted by Gasteiger charge is -2.36. The average molecular weight is 388 g/mol. The van der Waals surface area contributed by atoms with Gasteiger partial charge >= 0.3 is 0 Å². The van der Waals surface area contributed by atoms with E-state index in [1.54, 1.807) is 7.11 Å². The number of hydrogen-bond donors (Lipinski definition) is 1. The van der Waals surface area contributed by atoms with Gasteiger partial charge in [0.2, 0.25) is 5.91 Å². The van der Waals surface area contributed by atoms with Crippen molar-refractivity contribution in [3.8, 4) is 5.75 Å². The molecule has 1 unspecified atom stereocenters. The number of ether oxygens (including phenoxy) is 1. The number of nitrogens with one attached hydrogen (secondary N) is 1. The molecule has 5 nitrogen and oxygen atoms in total. The van der Waals surface area contributed by atoms with Crippen molar-refractivity contribution in [3.05, 3.63) is 59.1 Å². The highest BCUT2D eigenvalue weighted by atomic mass is 35.5. The number of hydrogen-bond acceptors (Lipinski definition) is 4. The number of carbonyl (C=O) groups is 1. The molecule has 0 aliphatic carbocycles. The smallest absolute Gasteiger partial charge is 0.234 e.